The van der Waals surface area contributed by atoms with Gasteiger partial charge in [0, 0.05) is 18.1 Å². The van der Waals surface area contributed by atoms with E-state index in [2.05, 4.69) is 52.7 Å². The lowest BCUT2D eigenvalue weighted by Gasteiger charge is -2.16. The number of thiazole rings is 1. The minimum Gasteiger partial charge on any atom is -0.327 e. The molecule has 2 heterocycles. The summed E-state index contributed by atoms with van der Waals surface area (Å²) in [4.78, 5) is 11.4. The maximum absolute atomic E-state index is 4.80. The Bertz CT molecular complexity index is 702. The number of rotatable bonds is 6. The Labute approximate surface area is 129 Å². The largest absolute Gasteiger partial charge is 0.327 e. The Balaban J connectivity index is 1.83. The van der Waals surface area contributed by atoms with Crippen LogP contribution in [0.1, 0.15) is 24.2 Å². The number of aromatic nitrogens is 3. The third kappa shape index (κ3) is 3.14. The molecule has 0 amide bonds. The SMILES string of the molecule is CCCn1c(CN(C)Cc2nccs2)nc2ccccc21. The molecule has 0 aliphatic heterocycles. The van der Waals surface area contributed by atoms with E-state index in [-0.39, 0.29) is 0 Å². The molecule has 0 aliphatic rings. The van der Waals surface area contributed by atoms with Gasteiger partial charge in [0.05, 0.1) is 24.1 Å². The first-order valence-electron chi connectivity index (χ1n) is 7.29. The van der Waals surface area contributed by atoms with E-state index in [4.69, 9.17) is 4.98 Å². The van der Waals surface area contributed by atoms with Crippen molar-refractivity contribution in [2.75, 3.05) is 7.05 Å². The van der Waals surface area contributed by atoms with E-state index >= 15 is 0 Å². The fourth-order valence-electron chi connectivity index (χ4n) is 2.58. The zero-order valence-corrected chi connectivity index (χ0v) is 13.3. The van der Waals surface area contributed by atoms with Crippen LogP contribution in [-0.2, 0) is 19.6 Å². The monoisotopic (exact) mass is 300 g/mol. The van der Waals surface area contributed by atoms with Crippen LogP contribution in [0.4, 0.5) is 0 Å². The molecule has 4 nitrogen and oxygen atoms in total. The predicted molar refractivity (Wildman–Crippen MR) is 87.3 cm³/mol. The lowest BCUT2D eigenvalue weighted by Crippen LogP contribution is -2.20. The van der Waals surface area contributed by atoms with Crippen molar-refractivity contribution < 1.29 is 0 Å². The average Bonchev–Trinajstić information content (AvgIpc) is 3.08. The summed E-state index contributed by atoms with van der Waals surface area (Å²) in [7, 11) is 2.12. The number of nitrogens with zero attached hydrogens (tertiary/aromatic N) is 4. The normalized spacial score (nSPS) is 11.6. The second kappa shape index (κ2) is 6.37. The van der Waals surface area contributed by atoms with Crippen molar-refractivity contribution in [2.45, 2.75) is 33.0 Å². The Morgan fingerprint density at radius 2 is 2.10 bits per heavy atom. The molecule has 0 saturated carbocycles. The minimum absolute atomic E-state index is 0.842. The molecule has 110 valence electrons. The van der Waals surface area contributed by atoms with Crippen molar-refractivity contribution in [1.82, 2.24) is 19.4 Å². The first kappa shape index (κ1) is 14.2. The van der Waals surface area contributed by atoms with Gasteiger partial charge in [0.25, 0.3) is 0 Å². The molecule has 5 heteroatoms. The summed E-state index contributed by atoms with van der Waals surface area (Å²) in [6, 6.07) is 8.38. The zero-order chi connectivity index (χ0) is 14.7. The van der Waals surface area contributed by atoms with E-state index in [1.54, 1.807) is 11.3 Å². The second-order valence-corrected chi connectivity index (χ2v) is 6.25. The Kier molecular flexibility index (Phi) is 4.31. The van der Waals surface area contributed by atoms with Gasteiger partial charge in [0.2, 0.25) is 0 Å². The molecule has 0 saturated heterocycles. The molecule has 3 rings (SSSR count). The van der Waals surface area contributed by atoms with Crippen molar-refractivity contribution in [3.05, 3.63) is 46.7 Å². The molecule has 21 heavy (non-hydrogen) atoms. The van der Waals surface area contributed by atoms with Gasteiger partial charge in [-0.1, -0.05) is 19.1 Å². The van der Waals surface area contributed by atoms with Gasteiger partial charge < -0.3 is 4.57 Å². The van der Waals surface area contributed by atoms with Crippen molar-refractivity contribution in [3.8, 4) is 0 Å². The molecule has 0 aliphatic carbocycles. The highest BCUT2D eigenvalue weighted by Gasteiger charge is 2.12. The first-order chi connectivity index (χ1) is 10.3. The summed E-state index contributed by atoms with van der Waals surface area (Å²) < 4.78 is 2.34. The summed E-state index contributed by atoms with van der Waals surface area (Å²) in [5.41, 5.74) is 2.32. The molecule has 3 aromatic rings. The molecule has 0 N–H and O–H groups in total. The van der Waals surface area contributed by atoms with Gasteiger partial charge in [0.15, 0.2) is 0 Å². The molecule has 0 spiro atoms. The predicted octanol–water partition coefficient (Wildman–Crippen LogP) is 3.53. The van der Waals surface area contributed by atoms with Gasteiger partial charge in [0.1, 0.15) is 10.8 Å². The fraction of sp³-hybridized carbons (Fsp3) is 0.375. The maximum Gasteiger partial charge on any atom is 0.124 e. The highest BCUT2D eigenvalue weighted by molar-refractivity contribution is 7.09. The second-order valence-electron chi connectivity index (χ2n) is 5.27. The zero-order valence-electron chi connectivity index (χ0n) is 12.5. The number of para-hydroxylation sites is 2. The van der Waals surface area contributed by atoms with Crippen LogP contribution in [0.5, 0.6) is 0 Å². The lowest BCUT2D eigenvalue weighted by atomic mass is 10.3. The van der Waals surface area contributed by atoms with Crippen molar-refractivity contribution in [1.29, 1.82) is 0 Å². The average molecular weight is 300 g/mol. The van der Waals surface area contributed by atoms with E-state index in [0.29, 0.717) is 0 Å². The van der Waals surface area contributed by atoms with Crippen LogP contribution in [-0.4, -0.2) is 26.5 Å². The summed E-state index contributed by atoms with van der Waals surface area (Å²) in [6.45, 7) is 4.93. The van der Waals surface area contributed by atoms with E-state index in [9.17, 15) is 0 Å². The number of fused-ring (bicyclic) bond motifs is 1. The summed E-state index contributed by atoms with van der Waals surface area (Å²) in [5.74, 6) is 1.14. The van der Waals surface area contributed by atoms with Crippen LogP contribution in [0.2, 0.25) is 0 Å². The quantitative estimate of drug-likeness (QED) is 0.698. The molecule has 1 aromatic carbocycles. The van der Waals surface area contributed by atoms with Crippen LogP contribution in [0.25, 0.3) is 11.0 Å². The Morgan fingerprint density at radius 3 is 2.86 bits per heavy atom. The number of imidazole rings is 1. The van der Waals surface area contributed by atoms with Crippen LogP contribution < -0.4 is 0 Å². The number of hydrogen-bond donors (Lipinski definition) is 0. The van der Waals surface area contributed by atoms with Crippen molar-refractivity contribution >= 4 is 22.4 Å². The number of benzene rings is 1. The van der Waals surface area contributed by atoms with Crippen LogP contribution >= 0.6 is 11.3 Å². The van der Waals surface area contributed by atoms with Crippen LogP contribution in [0.3, 0.4) is 0 Å². The molecule has 0 radical (unpaired) electrons. The summed E-state index contributed by atoms with van der Waals surface area (Å²) >= 11 is 1.70. The molecular formula is C16H20N4S. The highest BCUT2D eigenvalue weighted by Crippen LogP contribution is 2.18. The van der Waals surface area contributed by atoms with Crippen LogP contribution in [0.15, 0.2) is 35.8 Å². The molecule has 0 bridgehead atoms. The van der Waals surface area contributed by atoms with E-state index in [1.807, 2.05) is 11.6 Å². The van der Waals surface area contributed by atoms with Crippen molar-refractivity contribution in [3.63, 3.8) is 0 Å². The van der Waals surface area contributed by atoms with E-state index in [1.165, 1.54) is 5.52 Å². The minimum atomic E-state index is 0.842. The van der Waals surface area contributed by atoms with Crippen LogP contribution in [0, 0.1) is 0 Å². The van der Waals surface area contributed by atoms with Gasteiger partial charge in [-0.2, -0.15) is 0 Å². The topological polar surface area (TPSA) is 34.0 Å². The van der Waals surface area contributed by atoms with Gasteiger partial charge >= 0.3 is 0 Å². The first-order valence-corrected chi connectivity index (χ1v) is 8.17. The molecular weight excluding hydrogens is 280 g/mol. The van der Waals surface area contributed by atoms with Gasteiger partial charge in [-0.3, -0.25) is 4.90 Å². The fourth-order valence-corrected chi connectivity index (χ4v) is 3.27. The van der Waals surface area contributed by atoms with E-state index in [0.717, 1.165) is 42.4 Å². The third-order valence-corrected chi connectivity index (χ3v) is 4.25. The standard InChI is InChI=1S/C16H20N4S/c1-3-9-20-14-7-5-4-6-13(14)18-15(20)11-19(2)12-16-17-8-10-21-16/h4-8,10H,3,9,11-12H2,1-2H3. The Hall–Kier alpha value is -1.72. The molecule has 2 aromatic heterocycles. The highest BCUT2D eigenvalue weighted by atomic mass is 32.1. The Morgan fingerprint density at radius 1 is 1.24 bits per heavy atom. The van der Waals surface area contributed by atoms with Crippen molar-refractivity contribution in [2.24, 2.45) is 0 Å². The van der Waals surface area contributed by atoms with Gasteiger partial charge in [-0.15, -0.1) is 11.3 Å². The molecule has 0 atom stereocenters. The number of aryl methyl sites for hydroxylation is 1. The molecule has 0 fully saturated rings. The third-order valence-electron chi connectivity index (χ3n) is 3.48. The number of hydrogen-bond acceptors (Lipinski definition) is 4. The summed E-state index contributed by atoms with van der Waals surface area (Å²) in [6.07, 6.45) is 2.98. The van der Waals surface area contributed by atoms with Gasteiger partial charge in [-0.05, 0) is 25.6 Å². The lowest BCUT2D eigenvalue weighted by molar-refractivity contribution is 0.305. The molecule has 0 unspecified atom stereocenters. The van der Waals surface area contributed by atoms with Gasteiger partial charge in [-0.25, -0.2) is 9.97 Å². The smallest absolute Gasteiger partial charge is 0.124 e. The van der Waals surface area contributed by atoms with E-state index < -0.39 is 0 Å². The summed E-state index contributed by atoms with van der Waals surface area (Å²) in [5, 5.41) is 3.17. The maximum atomic E-state index is 4.80.